The van der Waals surface area contributed by atoms with Crippen molar-refractivity contribution in [3.63, 3.8) is 0 Å². The minimum Gasteiger partial charge on any atom is -0.493 e. The Hall–Kier alpha value is -11.3. The van der Waals surface area contributed by atoms with Crippen LogP contribution in [-0.2, 0) is 86.4 Å². The lowest BCUT2D eigenvalue weighted by Gasteiger charge is -2.24. The van der Waals surface area contributed by atoms with Gasteiger partial charge in [-0.2, -0.15) is 50.5 Å². The highest BCUT2D eigenvalue weighted by molar-refractivity contribution is 7.87. The Labute approximate surface area is 719 Å². The maximum atomic E-state index is 12.6. The van der Waals surface area contributed by atoms with Gasteiger partial charge in [0.25, 0.3) is 60.7 Å². The van der Waals surface area contributed by atoms with E-state index >= 15 is 0 Å². The third kappa shape index (κ3) is 19.3. The molecule has 16 rings (SSSR count). The minimum atomic E-state index is -4.47. The topological polar surface area (TPSA) is 345 Å². The van der Waals surface area contributed by atoms with Gasteiger partial charge in [0.05, 0.1) is 47.7 Å². The van der Waals surface area contributed by atoms with Crippen LogP contribution in [0, 0.1) is 0 Å². The highest BCUT2D eigenvalue weighted by Crippen LogP contribution is 2.53. The van der Waals surface area contributed by atoms with E-state index in [-0.39, 0.29) is 77.4 Å². The van der Waals surface area contributed by atoms with Crippen molar-refractivity contribution in [2.24, 2.45) is 0 Å². The third-order valence-corrected chi connectivity index (χ3v) is 27.8. The van der Waals surface area contributed by atoms with E-state index in [1.165, 1.54) is 0 Å². The predicted molar refractivity (Wildman–Crippen MR) is 497 cm³/mol. The van der Waals surface area contributed by atoms with Crippen molar-refractivity contribution < 1.29 is 87.3 Å². The van der Waals surface area contributed by atoms with Crippen molar-refractivity contribution in [3.05, 3.63) is 289 Å². The zero-order valence-electron chi connectivity index (χ0n) is 67.0. The zero-order chi connectivity index (χ0) is 87.0. The van der Waals surface area contributed by atoms with Crippen LogP contribution in [0.1, 0.15) is 60.8 Å². The number of benzene rings is 16. The third-order valence-electron chi connectivity index (χ3n) is 23.0. The quantitative estimate of drug-likeness (QED) is 0.0126. The summed E-state index contributed by atoms with van der Waals surface area (Å²) in [7, 11) is -26.6. The minimum absolute atomic E-state index is 0.00885. The second-order valence-electron chi connectivity index (χ2n) is 31.4. The number of aryl methyl sites for hydroxylation is 4. The summed E-state index contributed by atoms with van der Waals surface area (Å²) in [6, 6.07) is 86.7. The van der Waals surface area contributed by atoms with Crippen molar-refractivity contribution in [1.29, 1.82) is 0 Å². The van der Waals surface area contributed by atoms with Gasteiger partial charge in [0.15, 0.2) is 0 Å². The van der Waals surface area contributed by atoms with E-state index in [0.29, 0.717) is 88.7 Å². The van der Waals surface area contributed by atoms with Gasteiger partial charge in [0, 0.05) is 22.3 Å². The molecule has 0 saturated heterocycles. The summed E-state index contributed by atoms with van der Waals surface area (Å²) in [4.78, 5) is 0. The van der Waals surface area contributed by atoms with E-state index < -0.39 is 95.2 Å². The molecule has 0 heterocycles. The first kappa shape index (κ1) is 86.2. The summed E-state index contributed by atoms with van der Waals surface area (Å²) >= 11 is 0. The molecular formula is C98H86O20S6. The molecule has 0 aliphatic carbocycles. The van der Waals surface area contributed by atoms with Gasteiger partial charge in [-0.1, -0.05) is 218 Å². The van der Waals surface area contributed by atoms with Crippen molar-refractivity contribution in [1.82, 2.24) is 0 Å². The summed E-state index contributed by atoms with van der Waals surface area (Å²) in [6.07, 6.45) is 0.470. The Bertz CT molecular complexity index is 7030. The van der Waals surface area contributed by atoms with Gasteiger partial charge in [0.1, 0.15) is 11.5 Å². The lowest BCUT2D eigenvalue weighted by atomic mass is 9.80. The summed E-state index contributed by atoms with van der Waals surface area (Å²) < 4.78 is 224. The SMILES string of the molecule is O=S(=O)(O)CCCOc1ccc(-c2ccc(OCCCS(=O)(=O)O)c(-c3c4ccccc4c(-c4cc(-c5c6ccccc6cc6ccccc56)c(CCCS(=O)(=O)O)cc4CCCS(=O)(=O)O)c4ccccc34)c2)cc1-c1c2ccccc2c(-c2cc(-c3c4ccccc4cc4ccccc34)c(CCCS(=O)(=O)O)cc2CCCS(=O)(=O)O)c2ccccc12. The monoisotopic (exact) mass is 1770 g/mol. The average molecular weight is 1780 g/mol. The van der Waals surface area contributed by atoms with E-state index in [1.807, 2.05) is 231 Å². The molecule has 634 valence electrons. The van der Waals surface area contributed by atoms with E-state index in [4.69, 9.17) is 9.47 Å². The molecule has 26 heteroatoms. The second-order valence-corrected chi connectivity index (χ2v) is 40.8. The van der Waals surface area contributed by atoms with Gasteiger partial charge in [-0.15, -0.1) is 0 Å². The molecule has 0 aliphatic rings. The van der Waals surface area contributed by atoms with Crippen LogP contribution in [-0.4, -0.2) is 126 Å². The van der Waals surface area contributed by atoms with E-state index in [0.717, 1.165) is 109 Å². The van der Waals surface area contributed by atoms with Crippen LogP contribution in [0.4, 0.5) is 0 Å². The normalized spacial score (nSPS) is 12.6. The summed E-state index contributed by atoms with van der Waals surface area (Å²) in [5.74, 6) is -2.74. The summed E-state index contributed by atoms with van der Waals surface area (Å²) in [6.45, 7) is -0.318. The lowest BCUT2D eigenvalue weighted by Crippen LogP contribution is -2.09. The molecule has 0 unspecified atom stereocenters. The molecule has 124 heavy (non-hydrogen) atoms. The summed E-state index contributed by atoms with van der Waals surface area (Å²) in [5.41, 5.74) is 12.7. The molecule has 0 radical (unpaired) electrons. The van der Waals surface area contributed by atoms with Crippen LogP contribution in [0.3, 0.4) is 0 Å². The second kappa shape index (κ2) is 35.4. The molecular weight excluding hydrogens is 1690 g/mol. The van der Waals surface area contributed by atoms with Crippen LogP contribution >= 0.6 is 0 Å². The Morgan fingerprint density at radius 1 is 0.202 bits per heavy atom. The van der Waals surface area contributed by atoms with Gasteiger partial charge < -0.3 is 9.47 Å². The molecule has 0 atom stereocenters. The van der Waals surface area contributed by atoms with Crippen LogP contribution in [0.2, 0.25) is 0 Å². The molecule has 0 bridgehead atoms. The number of fused-ring (bicyclic) bond motifs is 8. The molecule has 16 aromatic carbocycles. The molecule has 0 fully saturated rings. The zero-order valence-corrected chi connectivity index (χ0v) is 71.9. The first-order valence-electron chi connectivity index (χ1n) is 40.5. The van der Waals surface area contributed by atoms with Gasteiger partial charge in [-0.3, -0.25) is 27.3 Å². The summed E-state index contributed by atoms with van der Waals surface area (Å²) in [5, 5.41) is 13.2. The van der Waals surface area contributed by atoms with Crippen molar-refractivity contribution in [3.8, 4) is 89.4 Å². The highest BCUT2D eigenvalue weighted by atomic mass is 32.2. The molecule has 0 aliphatic heterocycles. The largest absolute Gasteiger partial charge is 0.493 e. The Balaban J connectivity index is 0.933. The van der Waals surface area contributed by atoms with Crippen LogP contribution < -0.4 is 9.47 Å². The van der Waals surface area contributed by atoms with Gasteiger partial charge >= 0.3 is 0 Å². The van der Waals surface area contributed by atoms with E-state index in [1.54, 1.807) is 12.1 Å². The van der Waals surface area contributed by atoms with Crippen molar-refractivity contribution in [2.75, 3.05) is 47.7 Å². The van der Waals surface area contributed by atoms with Gasteiger partial charge in [-0.25, -0.2) is 0 Å². The first-order valence-corrected chi connectivity index (χ1v) is 50.2. The van der Waals surface area contributed by atoms with E-state index in [2.05, 4.69) is 24.3 Å². The first-order chi connectivity index (χ1) is 59.3. The number of hydrogen-bond acceptors (Lipinski definition) is 14. The lowest BCUT2D eigenvalue weighted by molar-refractivity contribution is 0.317. The molecule has 0 aromatic heterocycles. The maximum Gasteiger partial charge on any atom is 0.264 e. The van der Waals surface area contributed by atoms with Gasteiger partial charge in [0.2, 0.25) is 0 Å². The Morgan fingerprint density at radius 2 is 0.403 bits per heavy atom. The smallest absolute Gasteiger partial charge is 0.264 e. The van der Waals surface area contributed by atoms with Crippen molar-refractivity contribution >= 4 is 147 Å². The molecule has 6 N–H and O–H groups in total. The molecule has 20 nitrogen and oxygen atoms in total. The molecule has 0 amide bonds. The highest BCUT2D eigenvalue weighted by Gasteiger charge is 2.29. The van der Waals surface area contributed by atoms with Crippen LogP contribution in [0.5, 0.6) is 11.5 Å². The average Bonchev–Trinajstić information content (AvgIpc) is 0.723. The molecule has 16 aromatic rings. The number of ether oxygens (including phenoxy) is 2. The predicted octanol–water partition coefficient (Wildman–Crippen LogP) is 21.2. The molecule has 0 saturated carbocycles. The fourth-order valence-electron chi connectivity index (χ4n) is 17.9. The van der Waals surface area contributed by atoms with E-state index in [9.17, 15) is 77.8 Å². The standard InChI is InChI=1S/C98H86O20S6/c99-119(100,101)49-17-27-69-57-71(29-19-51-121(105,106)107)87(61-85(69)93-73-31-5-1-23-65(73)55-66-24-2-6-32-74(66)93)95-77-35-9-13-39-81(77)97(82-40-14-10-36-78(82)95)89-59-63(43-45-91(89)117-47-21-53-123(111,112)113)64-44-46-92(118-48-22-54-124(114,115)116)90(60-64)98-83-41-15-11-37-79(83)96(80-38-12-16-42-84(80)98)88-62-86(94-75-33-7-3-25-67(75)56-68-26-4-8-34-76(68)94)70(28-18-50-120(102,103)104)58-72(88)30-20-52-122(108,109)110/h1-16,23-26,31-46,55-62H,17-22,27-30,47-54H2,(H,99,100,101)(H,102,103,104)(H,105,106,107)(H,108,109,110)(H,111,112,113)(H,114,115,116). The maximum absolute atomic E-state index is 12.6. The number of hydrogen-bond donors (Lipinski definition) is 6. The van der Waals surface area contributed by atoms with Crippen LogP contribution in [0.25, 0.3) is 164 Å². The Morgan fingerprint density at radius 3 is 0.637 bits per heavy atom. The number of rotatable bonds is 33. The van der Waals surface area contributed by atoms with Crippen molar-refractivity contribution in [2.45, 2.75) is 64.2 Å². The Kier molecular flexibility index (Phi) is 24.6. The van der Waals surface area contributed by atoms with Gasteiger partial charge in [-0.05, 0) is 277 Å². The fourth-order valence-corrected chi connectivity index (χ4v) is 20.9. The molecule has 0 spiro atoms. The fraction of sp³-hybridized carbons (Fsp3) is 0.184. The van der Waals surface area contributed by atoms with Crippen LogP contribution in [0.15, 0.2) is 267 Å².